The zero-order chi connectivity index (χ0) is 16.8. The van der Waals surface area contributed by atoms with Gasteiger partial charge in [-0.1, -0.05) is 30.4 Å². The van der Waals surface area contributed by atoms with Gasteiger partial charge in [0.05, 0.1) is 13.2 Å². The van der Waals surface area contributed by atoms with Crippen LogP contribution in [0.4, 0.5) is 4.39 Å². The number of benzene rings is 1. The number of hydrogen-bond donors (Lipinski definition) is 0. The van der Waals surface area contributed by atoms with Crippen LogP contribution < -0.4 is 0 Å². The molecule has 1 aliphatic carbocycles. The Kier molecular flexibility index (Phi) is 6.22. The second-order valence-corrected chi connectivity index (χ2v) is 7.20. The molecule has 1 saturated heterocycles. The maximum absolute atomic E-state index is 13.1. The minimum atomic E-state index is -0.170. The lowest BCUT2D eigenvalue weighted by Crippen LogP contribution is -2.34. The van der Waals surface area contributed by atoms with Crippen LogP contribution >= 0.6 is 0 Å². The van der Waals surface area contributed by atoms with E-state index in [4.69, 9.17) is 4.74 Å². The van der Waals surface area contributed by atoms with Crippen molar-refractivity contribution in [3.8, 4) is 0 Å². The van der Waals surface area contributed by atoms with Crippen molar-refractivity contribution < 1.29 is 9.13 Å². The molecule has 1 fully saturated rings. The molecule has 0 amide bonds. The number of halogens is 1. The molecule has 0 bridgehead atoms. The highest BCUT2D eigenvalue weighted by atomic mass is 19.1. The van der Waals surface area contributed by atoms with Crippen molar-refractivity contribution >= 4 is 0 Å². The van der Waals surface area contributed by atoms with Gasteiger partial charge >= 0.3 is 0 Å². The first-order valence-corrected chi connectivity index (χ1v) is 9.08. The van der Waals surface area contributed by atoms with Crippen molar-refractivity contribution in [2.75, 3.05) is 33.4 Å². The van der Waals surface area contributed by atoms with E-state index in [0.717, 1.165) is 32.7 Å². The van der Waals surface area contributed by atoms with Gasteiger partial charge in [0.15, 0.2) is 0 Å². The quantitative estimate of drug-likeness (QED) is 0.786. The van der Waals surface area contributed by atoms with Gasteiger partial charge in [0, 0.05) is 19.0 Å². The van der Waals surface area contributed by atoms with Crippen LogP contribution in [0.2, 0.25) is 0 Å². The molecule has 0 saturated carbocycles. The second kappa shape index (κ2) is 8.59. The van der Waals surface area contributed by atoms with Crippen LogP contribution in [0.25, 0.3) is 0 Å². The molecule has 1 heterocycles. The van der Waals surface area contributed by atoms with E-state index in [1.54, 1.807) is 12.1 Å². The number of rotatable bonds is 5. The van der Waals surface area contributed by atoms with E-state index in [-0.39, 0.29) is 5.82 Å². The third-order valence-electron chi connectivity index (χ3n) is 4.97. The molecular formula is C21H28FNO. The van der Waals surface area contributed by atoms with Gasteiger partial charge in [-0.3, -0.25) is 0 Å². The Hall–Kier alpha value is -1.45. The van der Waals surface area contributed by atoms with Crippen LogP contribution in [0.1, 0.15) is 37.2 Å². The van der Waals surface area contributed by atoms with Crippen molar-refractivity contribution in [1.29, 1.82) is 0 Å². The Morgan fingerprint density at radius 1 is 1.17 bits per heavy atom. The fourth-order valence-electron chi connectivity index (χ4n) is 3.77. The summed E-state index contributed by atoms with van der Waals surface area (Å²) < 4.78 is 18.9. The van der Waals surface area contributed by atoms with Crippen LogP contribution in [0.5, 0.6) is 0 Å². The summed E-state index contributed by atoms with van der Waals surface area (Å²) in [6, 6.07) is 6.90. The molecule has 2 nitrogen and oxygen atoms in total. The number of ether oxygens (including phenoxy) is 1. The van der Waals surface area contributed by atoms with Crippen molar-refractivity contribution in [3.63, 3.8) is 0 Å². The maximum atomic E-state index is 13.1. The highest BCUT2D eigenvalue weighted by Gasteiger charge is 2.25. The molecule has 130 valence electrons. The van der Waals surface area contributed by atoms with Crippen LogP contribution in [0.15, 0.2) is 48.1 Å². The highest BCUT2D eigenvalue weighted by molar-refractivity contribution is 5.22. The van der Waals surface area contributed by atoms with Gasteiger partial charge in [-0.05, 0) is 61.9 Å². The van der Waals surface area contributed by atoms with Gasteiger partial charge in [0.25, 0.3) is 0 Å². The molecule has 0 radical (unpaired) electrons. The summed E-state index contributed by atoms with van der Waals surface area (Å²) in [4.78, 5) is 2.41. The topological polar surface area (TPSA) is 12.5 Å². The molecule has 1 aliphatic heterocycles. The van der Waals surface area contributed by atoms with Crippen molar-refractivity contribution in [2.45, 2.75) is 31.6 Å². The first-order chi connectivity index (χ1) is 11.7. The van der Waals surface area contributed by atoms with Crippen molar-refractivity contribution in [1.82, 2.24) is 4.90 Å². The Balaban J connectivity index is 1.53. The van der Waals surface area contributed by atoms with E-state index >= 15 is 0 Å². The summed E-state index contributed by atoms with van der Waals surface area (Å²) >= 11 is 0. The van der Waals surface area contributed by atoms with Crippen LogP contribution in [-0.2, 0) is 4.74 Å². The highest BCUT2D eigenvalue weighted by Crippen LogP contribution is 2.29. The Morgan fingerprint density at radius 2 is 2.00 bits per heavy atom. The Bertz CT molecular complexity index is 578. The Labute approximate surface area is 145 Å². The average Bonchev–Trinajstić information content (AvgIpc) is 2.84. The number of likely N-dealkylation sites (N-methyl/N-ethyl adjacent to an activating group) is 1. The lowest BCUT2D eigenvalue weighted by atomic mass is 9.87. The predicted molar refractivity (Wildman–Crippen MR) is 96.6 cm³/mol. The van der Waals surface area contributed by atoms with Gasteiger partial charge in [-0.2, -0.15) is 0 Å². The Morgan fingerprint density at radius 3 is 2.83 bits per heavy atom. The summed E-state index contributed by atoms with van der Waals surface area (Å²) in [7, 11) is 2.20. The van der Waals surface area contributed by atoms with E-state index < -0.39 is 0 Å². The molecule has 2 atom stereocenters. The van der Waals surface area contributed by atoms with E-state index in [1.165, 1.54) is 30.4 Å². The number of allylic oxidation sites excluding steroid dienone is 2. The average molecular weight is 329 g/mol. The van der Waals surface area contributed by atoms with E-state index in [2.05, 4.69) is 30.2 Å². The lowest BCUT2D eigenvalue weighted by molar-refractivity contribution is 0.0286. The molecule has 2 aliphatic rings. The van der Waals surface area contributed by atoms with Crippen molar-refractivity contribution in [3.05, 3.63) is 59.4 Å². The summed E-state index contributed by atoms with van der Waals surface area (Å²) in [5.74, 6) is 0.750. The van der Waals surface area contributed by atoms with Crippen molar-refractivity contribution in [2.24, 2.45) is 5.92 Å². The number of nitrogens with zero attached hydrogens (tertiary/aromatic N) is 1. The van der Waals surface area contributed by atoms with Gasteiger partial charge in [-0.25, -0.2) is 4.39 Å². The standard InChI is InChI=1S/C21H28FNO/c1-23(13-17-6-4-2-3-5-7-17)14-18-12-20(16-24-15-18)19-8-10-21(22)11-9-19/h4,6-11,18,20H,2-3,5,12-16H2,1H3. The van der Waals surface area contributed by atoms with E-state index in [9.17, 15) is 4.39 Å². The normalized spacial score (nSPS) is 24.7. The fourth-order valence-corrected chi connectivity index (χ4v) is 3.77. The minimum absolute atomic E-state index is 0.170. The summed E-state index contributed by atoms with van der Waals surface area (Å²) in [6.07, 6.45) is 11.7. The summed E-state index contributed by atoms with van der Waals surface area (Å²) in [5.41, 5.74) is 2.62. The summed E-state index contributed by atoms with van der Waals surface area (Å²) in [6.45, 7) is 3.63. The predicted octanol–water partition coefficient (Wildman–Crippen LogP) is 4.54. The largest absolute Gasteiger partial charge is 0.380 e. The van der Waals surface area contributed by atoms with Gasteiger partial charge in [0.2, 0.25) is 0 Å². The van der Waals surface area contributed by atoms with E-state index in [1.807, 2.05) is 12.1 Å². The minimum Gasteiger partial charge on any atom is -0.380 e. The monoisotopic (exact) mass is 329 g/mol. The third kappa shape index (κ3) is 5.02. The molecule has 0 spiro atoms. The van der Waals surface area contributed by atoms with Crippen LogP contribution in [0, 0.1) is 11.7 Å². The molecule has 1 aromatic rings. The third-order valence-corrected chi connectivity index (χ3v) is 4.97. The SMILES string of the molecule is CN(CC1=CCCCC=C1)CC1COCC(c2ccc(F)cc2)C1. The maximum Gasteiger partial charge on any atom is 0.123 e. The smallest absolute Gasteiger partial charge is 0.123 e. The molecular weight excluding hydrogens is 301 g/mol. The molecule has 2 unspecified atom stereocenters. The van der Waals surface area contributed by atoms with Crippen LogP contribution in [0.3, 0.4) is 0 Å². The van der Waals surface area contributed by atoms with Crippen LogP contribution in [-0.4, -0.2) is 38.3 Å². The first kappa shape index (κ1) is 17.4. The van der Waals surface area contributed by atoms with E-state index in [0.29, 0.717) is 11.8 Å². The van der Waals surface area contributed by atoms with Gasteiger partial charge < -0.3 is 9.64 Å². The number of hydrogen-bond acceptors (Lipinski definition) is 2. The zero-order valence-corrected chi connectivity index (χ0v) is 14.6. The van der Waals surface area contributed by atoms with Gasteiger partial charge in [0.1, 0.15) is 5.82 Å². The lowest BCUT2D eigenvalue weighted by Gasteiger charge is -2.32. The molecule has 3 rings (SSSR count). The molecule has 3 heteroatoms. The first-order valence-electron chi connectivity index (χ1n) is 9.08. The fraction of sp³-hybridized carbons (Fsp3) is 0.524. The molecule has 1 aromatic carbocycles. The molecule has 24 heavy (non-hydrogen) atoms. The summed E-state index contributed by atoms with van der Waals surface area (Å²) in [5, 5.41) is 0. The second-order valence-electron chi connectivity index (χ2n) is 7.20. The van der Waals surface area contributed by atoms with Gasteiger partial charge in [-0.15, -0.1) is 0 Å². The molecule has 0 N–H and O–H groups in total. The molecule has 0 aromatic heterocycles. The zero-order valence-electron chi connectivity index (χ0n) is 14.6.